The topological polar surface area (TPSA) is 42.9 Å². The highest BCUT2D eigenvalue weighted by Gasteiger charge is 2.28. The van der Waals surface area contributed by atoms with Gasteiger partial charge in [0.15, 0.2) is 5.96 Å². The maximum absolute atomic E-state index is 4.44. The summed E-state index contributed by atoms with van der Waals surface area (Å²) < 4.78 is 0. The Bertz CT molecular complexity index is 598. The Hall–Kier alpha value is -1.02. The molecule has 158 valence electrons. The number of nitrogens with zero attached hydrogens (tertiary/aromatic N) is 3. The molecule has 0 aliphatic carbocycles. The second kappa shape index (κ2) is 11.2. The van der Waals surface area contributed by atoms with Crippen molar-refractivity contribution in [1.29, 1.82) is 0 Å². The van der Waals surface area contributed by atoms with Crippen LogP contribution in [0.3, 0.4) is 0 Å². The zero-order valence-electron chi connectivity index (χ0n) is 17.8. The first-order chi connectivity index (χ1) is 13.1. The monoisotopic (exact) mass is 499 g/mol. The molecule has 0 saturated carbocycles. The van der Waals surface area contributed by atoms with Crippen molar-refractivity contribution < 1.29 is 0 Å². The van der Waals surface area contributed by atoms with Gasteiger partial charge in [0.1, 0.15) is 0 Å². The van der Waals surface area contributed by atoms with Gasteiger partial charge in [-0.2, -0.15) is 0 Å². The van der Waals surface area contributed by atoms with Gasteiger partial charge in [-0.3, -0.25) is 9.89 Å². The van der Waals surface area contributed by atoms with Gasteiger partial charge in [-0.1, -0.05) is 24.6 Å². The molecule has 1 unspecified atom stereocenters. The molecule has 3 rings (SSSR count). The van der Waals surface area contributed by atoms with Gasteiger partial charge >= 0.3 is 0 Å². The summed E-state index contributed by atoms with van der Waals surface area (Å²) in [6.07, 6.45) is 5.27. The molecule has 0 radical (unpaired) electrons. The van der Waals surface area contributed by atoms with Crippen LogP contribution >= 0.6 is 24.0 Å². The van der Waals surface area contributed by atoms with Gasteiger partial charge in [-0.05, 0) is 64.3 Å². The van der Waals surface area contributed by atoms with Crippen molar-refractivity contribution >= 4 is 35.6 Å². The van der Waals surface area contributed by atoms with Gasteiger partial charge in [0.2, 0.25) is 0 Å². The third kappa shape index (κ3) is 6.51. The van der Waals surface area contributed by atoms with Gasteiger partial charge in [0, 0.05) is 44.5 Å². The van der Waals surface area contributed by atoms with Gasteiger partial charge in [0.05, 0.1) is 0 Å². The molecule has 0 aromatic heterocycles. The smallest absolute Gasteiger partial charge is 0.191 e. The molecule has 2 heterocycles. The molecule has 1 aromatic carbocycles. The van der Waals surface area contributed by atoms with Crippen LogP contribution in [0, 0.1) is 5.92 Å². The summed E-state index contributed by atoms with van der Waals surface area (Å²) in [6, 6.07) is 10.7. The number of piperidine rings is 1. The lowest BCUT2D eigenvalue weighted by Crippen LogP contribution is -2.55. The Balaban J connectivity index is 0.00000280. The Morgan fingerprint density at radius 1 is 1.07 bits per heavy atom. The summed E-state index contributed by atoms with van der Waals surface area (Å²) in [6.45, 7) is 11.3. The highest BCUT2D eigenvalue weighted by Crippen LogP contribution is 2.23. The summed E-state index contributed by atoms with van der Waals surface area (Å²) in [5.74, 6) is 1.59. The summed E-state index contributed by atoms with van der Waals surface area (Å²) in [5.41, 5.74) is 1.50. The minimum Gasteiger partial charge on any atom is -0.371 e. The van der Waals surface area contributed by atoms with E-state index in [1.807, 2.05) is 7.05 Å². The number of rotatable bonds is 6. The van der Waals surface area contributed by atoms with E-state index in [0.29, 0.717) is 5.92 Å². The zero-order chi connectivity index (χ0) is 19.1. The van der Waals surface area contributed by atoms with Crippen LogP contribution in [-0.2, 0) is 0 Å². The van der Waals surface area contributed by atoms with Gasteiger partial charge in [0.25, 0.3) is 0 Å². The molecular formula is C22H38IN5. The average Bonchev–Trinajstić information content (AvgIpc) is 3.18. The second-order valence-corrected chi connectivity index (χ2v) is 8.60. The molecule has 1 aromatic rings. The molecule has 1 atom stereocenters. The Labute approximate surface area is 188 Å². The van der Waals surface area contributed by atoms with Crippen molar-refractivity contribution in [3.8, 4) is 0 Å². The molecule has 2 N–H and O–H groups in total. The van der Waals surface area contributed by atoms with Crippen LogP contribution in [0.1, 0.15) is 39.5 Å². The fourth-order valence-corrected chi connectivity index (χ4v) is 4.25. The Morgan fingerprint density at radius 2 is 1.79 bits per heavy atom. The van der Waals surface area contributed by atoms with Crippen molar-refractivity contribution in [2.45, 2.75) is 45.1 Å². The number of hydrogen-bond donors (Lipinski definition) is 2. The fourth-order valence-electron chi connectivity index (χ4n) is 4.25. The lowest BCUT2D eigenvalue weighted by atomic mass is 9.98. The molecule has 2 fully saturated rings. The number of hydrogen-bond acceptors (Lipinski definition) is 3. The normalized spacial score (nSPS) is 21.3. The number of aliphatic imine (C=N–C) groups is 1. The molecule has 2 aliphatic rings. The van der Waals surface area contributed by atoms with Crippen molar-refractivity contribution in [1.82, 2.24) is 15.5 Å². The number of guanidine groups is 1. The predicted octanol–water partition coefficient (Wildman–Crippen LogP) is 3.56. The summed E-state index contributed by atoms with van der Waals surface area (Å²) in [5, 5.41) is 7.11. The SMILES string of the molecule is CN=C(NCC1CCN(c2ccccc2)C1)NCC(C)(C)N1CCCCC1.I. The van der Waals surface area contributed by atoms with Crippen molar-refractivity contribution in [3.63, 3.8) is 0 Å². The maximum Gasteiger partial charge on any atom is 0.191 e. The predicted molar refractivity (Wildman–Crippen MR) is 131 cm³/mol. The van der Waals surface area contributed by atoms with E-state index in [4.69, 9.17) is 0 Å². The highest BCUT2D eigenvalue weighted by atomic mass is 127. The van der Waals surface area contributed by atoms with E-state index >= 15 is 0 Å². The first kappa shape index (κ1) is 23.3. The largest absolute Gasteiger partial charge is 0.371 e. The van der Waals surface area contributed by atoms with E-state index in [-0.39, 0.29) is 29.5 Å². The third-order valence-corrected chi connectivity index (χ3v) is 6.09. The Kier molecular flexibility index (Phi) is 9.34. The summed E-state index contributed by atoms with van der Waals surface area (Å²) >= 11 is 0. The summed E-state index contributed by atoms with van der Waals surface area (Å²) in [4.78, 5) is 9.54. The standard InChI is InChI=1S/C22H37N5.HI/c1-22(2,27-13-8-5-9-14-27)18-25-21(23-3)24-16-19-12-15-26(17-19)20-10-6-4-7-11-20;/h4,6-7,10-11,19H,5,8-9,12-18H2,1-3H3,(H2,23,24,25);1H. The zero-order valence-corrected chi connectivity index (χ0v) is 20.1. The minimum atomic E-state index is 0. The van der Waals surface area contributed by atoms with Crippen LogP contribution in [0.5, 0.6) is 0 Å². The number of anilines is 1. The van der Waals surface area contributed by atoms with E-state index in [1.54, 1.807) is 0 Å². The van der Waals surface area contributed by atoms with Crippen LogP contribution in [0.25, 0.3) is 0 Å². The first-order valence-electron chi connectivity index (χ1n) is 10.6. The first-order valence-corrected chi connectivity index (χ1v) is 10.6. The van der Waals surface area contributed by atoms with Crippen LogP contribution in [0.15, 0.2) is 35.3 Å². The van der Waals surface area contributed by atoms with Crippen molar-refractivity contribution in [2.24, 2.45) is 10.9 Å². The third-order valence-electron chi connectivity index (χ3n) is 6.09. The van der Waals surface area contributed by atoms with E-state index in [1.165, 1.54) is 44.5 Å². The molecular weight excluding hydrogens is 461 g/mol. The van der Waals surface area contributed by atoms with E-state index in [2.05, 4.69) is 69.6 Å². The fraction of sp³-hybridized carbons (Fsp3) is 0.682. The molecule has 6 heteroatoms. The lowest BCUT2D eigenvalue weighted by molar-refractivity contribution is 0.0982. The molecule has 2 saturated heterocycles. The van der Waals surface area contributed by atoms with E-state index in [0.717, 1.165) is 32.1 Å². The second-order valence-electron chi connectivity index (χ2n) is 8.60. The van der Waals surface area contributed by atoms with Crippen molar-refractivity contribution in [3.05, 3.63) is 30.3 Å². The van der Waals surface area contributed by atoms with Crippen molar-refractivity contribution in [2.75, 3.05) is 51.2 Å². The number of nitrogens with one attached hydrogen (secondary N) is 2. The van der Waals surface area contributed by atoms with Gasteiger partial charge in [-0.25, -0.2) is 0 Å². The van der Waals surface area contributed by atoms with Crippen LogP contribution in [-0.4, -0.2) is 62.7 Å². The Morgan fingerprint density at radius 3 is 2.46 bits per heavy atom. The number of halogens is 1. The van der Waals surface area contributed by atoms with Gasteiger partial charge in [-0.15, -0.1) is 24.0 Å². The van der Waals surface area contributed by atoms with Crippen LogP contribution < -0.4 is 15.5 Å². The lowest BCUT2D eigenvalue weighted by Gasteiger charge is -2.41. The van der Waals surface area contributed by atoms with Gasteiger partial charge < -0.3 is 15.5 Å². The van der Waals surface area contributed by atoms with E-state index in [9.17, 15) is 0 Å². The minimum absolute atomic E-state index is 0. The van der Waals surface area contributed by atoms with E-state index < -0.39 is 0 Å². The summed E-state index contributed by atoms with van der Waals surface area (Å²) in [7, 11) is 1.87. The quantitative estimate of drug-likeness (QED) is 0.357. The molecule has 28 heavy (non-hydrogen) atoms. The number of likely N-dealkylation sites (tertiary alicyclic amines) is 1. The molecule has 0 bridgehead atoms. The highest BCUT2D eigenvalue weighted by molar-refractivity contribution is 14.0. The molecule has 2 aliphatic heterocycles. The average molecular weight is 499 g/mol. The number of para-hydroxylation sites is 1. The molecule has 5 nitrogen and oxygen atoms in total. The number of benzene rings is 1. The van der Waals surface area contributed by atoms with Crippen LogP contribution in [0.2, 0.25) is 0 Å². The molecule has 0 amide bonds. The molecule has 0 spiro atoms. The maximum atomic E-state index is 4.44. The van der Waals surface area contributed by atoms with Crippen LogP contribution in [0.4, 0.5) is 5.69 Å².